The van der Waals surface area contributed by atoms with Gasteiger partial charge in [0.2, 0.25) is 0 Å². The van der Waals surface area contributed by atoms with E-state index in [9.17, 15) is 14.9 Å². The van der Waals surface area contributed by atoms with Gasteiger partial charge in [0.05, 0.1) is 4.92 Å². The summed E-state index contributed by atoms with van der Waals surface area (Å²) in [7, 11) is 1.73. The SMILES string of the molecule is CCCNc1cc(C(=O)N(C)CCC)ccc1[N+](=O)[O-]. The highest BCUT2D eigenvalue weighted by molar-refractivity contribution is 5.95. The molecule has 0 saturated carbocycles. The number of carbonyl (C=O) groups is 1. The summed E-state index contributed by atoms with van der Waals surface area (Å²) in [4.78, 5) is 24.3. The molecule has 6 heteroatoms. The van der Waals surface area contributed by atoms with Crippen LogP contribution in [0.15, 0.2) is 18.2 Å². The molecule has 0 heterocycles. The summed E-state index contributed by atoms with van der Waals surface area (Å²) in [6.45, 7) is 5.26. The number of amides is 1. The summed E-state index contributed by atoms with van der Waals surface area (Å²) in [6.07, 6.45) is 1.72. The van der Waals surface area contributed by atoms with Gasteiger partial charge in [-0.15, -0.1) is 0 Å². The van der Waals surface area contributed by atoms with Crippen LogP contribution in [0.1, 0.15) is 37.0 Å². The fraction of sp³-hybridized carbons (Fsp3) is 0.500. The normalized spacial score (nSPS) is 10.2. The van der Waals surface area contributed by atoms with Crippen LogP contribution in [0.2, 0.25) is 0 Å². The summed E-state index contributed by atoms with van der Waals surface area (Å²) in [6, 6.07) is 4.44. The number of nitro groups is 1. The monoisotopic (exact) mass is 279 g/mol. The van der Waals surface area contributed by atoms with Crippen molar-refractivity contribution in [1.29, 1.82) is 0 Å². The molecule has 0 radical (unpaired) electrons. The number of nitro benzene ring substituents is 1. The third kappa shape index (κ3) is 3.94. The highest BCUT2D eigenvalue weighted by Crippen LogP contribution is 2.26. The minimum absolute atomic E-state index is 0.00635. The minimum Gasteiger partial charge on any atom is -0.379 e. The Morgan fingerprint density at radius 2 is 2.05 bits per heavy atom. The van der Waals surface area contributed by atoms with Crippen LogP contribution in [-0.2, 0) is 0 Å². The lowest BCUT2D eigenvalue weighted by molar-refractivity contribution is -0.384. The largest absolute Gasteiger partial charge is 0.379 e. The van der Waals surface area contributed by atoms with Gasteiger partial charge in [-0.1, -0.05) is 13.8 Å². The first-order chi connectivity index (χ1) is 9.51. The van der Waals surface area contributed by atoms with Crippen molar-refractivity contribution in [2.24, 2.45) is 0 Å². The molecule has 20 heavy (non-hydrogen) atoms. The first-order valence-corrected chi connectivity index (χ1v) is 6.79. The van der Waals surface area contributed by atoms with Crippen LogP contribution in [0.3, 0.4) is 0 Å². The summed E-state index contributed by atoms with van der Waals surface area (Å²) in [5, 5.41) is 14.0. The van der Waals surface area contributed by atoms with Gasteiger partial charge in [-0.25, -0.2) is 0 Å². The molecule has 1 N–H and O–H groups in total. The number of nitrogens with one attached hydrogen (secondary N) is 1. The van der Waals surface area contributed by atoms with E-state index in [-0.39, 0.29) is 11.6 Å². The number of hydrogen-bond donors (Lipinski definition) is 1. The van der Waals surface area contributed by atoms with E-state index >= 15 is 0 Å². The van der Waals surface area contributed by atoms with E-state index in [1.54, 1.807) is 18.0 Å². The summed E-state index contributed by atoms with van der Waals surface area (Å²) >= 11 is 0. The molecule has 0 aliphatic carbocycles. The van der Waals surface area contributed by atoms with Crippen molar-refractivity contribution in [3.8, 4) is 0 Å². The summed E-state index contributed by atoms with van der Waals surface area (Å²) in [5.74, 6) is -0.124. The van der Waals surface area contributed by atoms with Crippen molar-refractivity contribution < 1.29 is 9.72 Å². The summed E-state index contributed by atoms with van der Waals surface area (Å²) in [5.41, 5.74) is 0.853. The number of rotatable bonds is 7. The molecule has 0 saturated heterocycles. The van der Waals surface area contributed by atoms with Crippen molar-refractivity contribution in [2.75, 3.05) is 25.5 Å². The molecule has 0 fully saturated rings. The van der Waals surface area contributed by atoms with E-state index < -0.39 is 4.92 Å². The molecule has 0 atom stereocenters. The molecule has 0 aromatic heterocycles. The number of nitrogens with zero attached hydrogens (tertiary/aromatic N) is 2. The van der Waals surface area contributed by atoms with Gasteiger partial charge in [-0.05, 0) is 25.0 Å². The Morgan fingerprint density at radius 1 is 1.35 bits per heavy atom. The zero-order valence-electron chi connectivity index (χ0n) is 12.2. The second-order valence-electron chi connectivity index (χ2n) is 4.64. The van der Waals surface area contributed by atoms with Crippen molar-refractivity contribution in [3.63, 3.8) is 0 Å². The van der Waals surface area contributed by atoms with E-state index in [0.29, 0.717) is 24.3 Å². The molecule has 6 nitrogen and oxygen atoms in total. The molecule has 1 rings (SSSR count). The molecule has 0 unspecified atom stereocenters. The molecular formula is C14H21N3O3. The fourth-order valence-electron chi connectivity index (χ4n) is 1.89. The molecule has 1 amide bonds. The molecule has 0 aliphatic rings. The Hall–Kier alpha value is -2.11. The fourth-order valence-corrected chi connectivity index (χ4v) is 1.89. The van der Waals surface area contributed by atoms with Gasteiger partial charge in [-0.3, -0.25) is 14.9 Å². The van der Waals surface area contributed by atoms with Gasteiger partial charge >= 0.3 is 0 Å². The predicted octanol–water partition coefficient (Wildman–Crippen LogP) is 2.90. The van der Waals surface area contributed by atoms with Crippen molar-refractivity contribution >= 4 is 17.3 Å². The van der Waals surface area contributed by atoms with Gasteiger partial charge in [0, 0.05) is 31.8 Å². The lowest BCUT2D eigenvalue weighted by Crippen LogP contribution is -2.27. The van der Waals surface area contributed by atoms with Gasteiger partial charge in [0.25, 0.3) is 11.6 Å². The number of hydrogen-bond acceptors (Lipinski definition) is 4. The molecule has 0 spiro atoms. The Morgan fingerprint density at radius 3 is 2.60 bits per heavy atom. The van der Waals surface area contributed by atoms with E-state index in [2.05, 4.69) is 5.32 Å². The number of anilines is 1. The van der Waals surface area contributed by atoms with Gasteiger partial charge < -0.3 is 10.2 Å². The molecule has 0 aliphatic heterocycles. The second kappa shape index (κ2) is 7.47. The first kappa shape index (κ1) is 15.9. The van der Waals surface area contributed by atoms with Gasteiger partial charge in [-0.2, -0.15) is 0 Å². The van der Waals surface area contributed by atoms with Crippen LogP contribution in [0.5, 0.6) is 0 Å². The lowest BCUT2D eigenvalue weighted by atomic mass is 10.1. The van der Waals surface area contributed by atoms with Gasteiger partial charge in [0.15, 0.2) is 0 Å². The maximum Gasteiger partial charge on any atom is 0.292 e. The number of carbonyl (C=O) groups excluding carboxylic acids is 1. The van der Waals surface area contributed by atoms with Crippen molar-refractivity contribution in [3.05, 3.63) is 33.9 Å². The second-order valence-corrected chi connectivity index (χ2v) is 4.64. The Kier molecular flexibility index (Phi) is 5.96. The zero-order valence-corrected chi connectivity index (χ0v) is 12.2. The van der Waals surface area contributed by atoms with Crippen molar-refractivity contribution in [2.45, 2.75) is 26.7 Å². The van der Waals surface area contributed by atoms with Crippen LogP contribution in [-0.4, -0.2) is 35.9 Å². The van der Waals surface area contributed by atoms with Crippen molar-refractivity contribution in [1.82, 2.24) is 4.90 Å². The predicted molar refractivity (Wildman–Crippen MR) is 79.1 cm³/mol. The van der Waals surface area contributed by atoms with E-state index in [4.69, 9.17) is 0 Å². The topological polar surface area (TPSA) is 75.5 Å². The van der Waals surface area contributed by atoms with Crippen LogP contribution in [0.25, 0.3) is 0 Å². The van der Waals surface area contributed by atoms with Crippen LogP contribution >= 0.6 is 0 Å². The smallest absolute Gasteiger partial charge is 0.292 e. The lowest BCUT2D eigenvalue weighted by Gasteiger charge is -2.16. The number of benzene rings is 1. The molecule has 0 bridgehead atoms. The molecular weight excluding hydrogens is 258 g/mol. The first-order valence-electron chi connectivity index (χ1n) is 6.79. The Labute approximate surface area is 118 Å². The highest BCUT2D eigenvalue weighted by Gasteiger charge is 2.18. The maximum atomic E-state index is 12.2. The highest BCUT2D eigenvalue weighted by atomic mass is 16.6. The Balaban J connectivity index is 3.05. The average molecular weight is 279 g/mol. The third-order valence-electron chi connectivity index (χ3n) is 2.91. The maximum absolute atomic E-state index is 12.2. The van der Waals surface area contributed by atoms with E-state index in [0.717, 1.165) is 12.8 Å². The van der Waals surface area contributed by atoms with Crippen LogP contribution in [0.4, 0.5) is 11.4 Å². The third-order valence-corrected chi connectivity index (χ3v) is 2.91. The van der Waals surface area contributed by atoms with Gasteiger partial charge in [0.1, 0.15) is 5.69 Å². The molecule has 1 aromatic carbocycles. The summed E-state index contributed by atoms with van der Waals surface area (Å²) < 4.78 is 0. The van der Waals surface area contributed by atoms with Crippen LogP contribution < -0.4 is 5.32 Å². The standard InChI is InChI=1S/C14H21N3O3/c1-4-8-15-12-10-11(6-7-13(12)17(19)20)14(18)16(3)9-5-2/h6-7,10,15H,4-5,8-9H2,1-3H3. The zero-order chi connectivity index (χ0) is 15.1. The van der Waals surface area contributed by atoms with Crippen LogP contribution in [0, 0.1) is 10.1 Å². The average Bonchev–Trinajstić information content (AvgIpc) is 2.44. The van der Waals surface area contributed by atoms with E-state index in [1.807, 2.05) is 13.8 Å². The quantitative estimate of drug-likeness (QED) is 0.615. The minimum atomic E-state index is -0.442. The van der Waals surface area contributed by atoms with E-state index in [1.165, 1.54) is 12.1 Å². The molecule has 110 valence electrons. The Bertz CT molecular complexity index is 489. The molecule has 1 aromatic rings.